The van der Waals surface area contributed by atoms with E-state index in [2.05, 4.69) is 42.9 Å². The first-order chi connectivity index (χ1) is 7.72. The van der Waals surface area contributed by atoms with Crippen LogP contribution in [0.3, 0.4) is 0 Å². The van der Waals surface area contributed by atoms with Gasteiger partial charge in [0.25, 0.3) is 0 Å². The van der Waals surface area contributed by atoms with Gasteiger partial charge in [0.05, 0.1) is 5.69 Å². The van der Waals surface area contributed by atoms with E-state index in [0.717, 1.165) is 31.3 Å². The summed E-state index contributed by atoms with van der Waals surface area (Å²) < 4.78 is 0. The molecule has 1 aromatic rings. The Balaban J connectivity index is 2.65. The normalized spacial score (nSPS) is 10.8. The second-order valence-corrected chi connectivity index (χ2v) is 4.92. The van der Waals surface area contributed by atoms with Crippen LogP contribution in [0.5, 0.6) is 0 Å². The number of hydrogen-bond acceptors (Lipinski definition) is 4. The summed E-state index contributed by atoms with van der Waals surface area (Å²) in [4.78, 5) is 8.31. The SMILES string of the molecule is CCCNCc1sc(N(CC)CC)nc1C. The predicted molar refractivity (Wildman–Crippen MR) is 72.4 cm³/mol. The molecule has 0 saturated heterocycles. The van der Waals surface area contributed by atoms with Crippen molar-refractivity contribution < 1.29 is 0 Å². The fourth-order valence-corrected chi connectivity index (χ4v) is 2.74. The lowest BCUT2D eigenvalue weighted by Gasteiger charge is -2.16. The molecular formula is C12H23N3S. The van der Waals surface area contributed by atoms with E-state index in [0.29, 0.717) is 0 Å². The highest BCUT2D eigenvalue weighted by Gasteiger charge is 2.10. The van der Waals surface area contributed by atoms with Gasteiger partial charge in [-0.2, -0.15) is 0 Å². The number of nitrogens with zero attached hydrogens (tertiary/aromatic N) is 2. The fraction of sp³-hybridized carbons (Fsp3) is 0.750. The van der Waals surface area contributed by atoms with Gasteiger partial charge in [-0.15, -0.1) is 11.3 Å². The molecule has 3 nitrogen and oxygen atoms in total. The van der Waals surface area contributed by atoms with Gasteiger partial charge < -0.3 is 10.2 Å². The first kappa shape index (κ1) is 13.5. The molecule has 0 aromatic carbocycles. The van der Waals surface area contributed by atoms with Crippen LogP contribution in [0.15, 0.2) is 0 Å². The van der Waals surface area contributed by atoms with Gasteiger partial charge in [-0.1, -0.05) is 6.92 Å². The molecule has 92 valence electrons. The average molecular weight is 241 g/mol. The zero-order chi connectivity index (χ0) is 12.0. The molecule has 1 rings (SSSR count). The van der Waals surface area contributed by atoms with Crippen LogP contribution in [0.4, 0.5) is 5.13 Å². The number of aromatic nitrogens is 1. The molecule has 0 fully saturated rings. The van der Waals surface area contributed by atoms with E-state index in [4.69, 9.17) is 0 Å². The van der Waals surface area contributed by atoms with Crippen LogP contribution < -0.4 is 10.2 Å². The number of rotatable bonds is 7. The van der Waals surface area contributed by atoms with E-state index >= 15 is 0 Å². The lowest BCUT2D eigenvalue weighted by molar-refractivity contribution is 0.678. The Labute approximate surface area is 103 Å². The van der Waals surface area contributed by atoms with Crippen LogP contribution in [-0.4, -0.2) is 24.6 Å². The Morgan fingerprint density at radius 3 is 2.50 bits per heavy atom. The van der Waals surface area contributed by atoms with E-state index in [-0.39, 0.29) is 0 Å². The molecule has 1 aromatic heterocycles. The molecule has 16 heavy (non-hydrogen) atoms. The Morgan fingerprint density at radius 2 is 1.94 bits per heavy atom. The predicted octanol–water partition coefficient (Wildman–Crippen LogP) is 2.80. The van der Waals surface area contributed by atoms with Gasteiger partial charge in [0.1, 0.15) is 0 Å². The Bertz CT molecular complexity index is 305. The minimum absolute atomic E-state index is 0.957. The van der Waals surface area contributed by atoms with Gasteiger partial charge >= 0.3 is 0 Å². The van der Waals surface area contributed by atoms with Gasteiger partial charge in [0.15, 0.2) is 5.13 Å². The molecule has 0 spiro atoms. The summed E-state index contributed by atoms with van der Waals surface area (Å²) in [6.45, 7) is 12.7. The summed E-state index contributed by atoms with van der Waals surface area (Å²) in [6, 6.07) is 0. The second-order valence-electron chi connectivity index (χ2n) is 3.85. The van der Waals surface area contributed by atoms with Crippen LogP contribution >= 0.6 is 11.3 Å². The van der Waals surface area contributed by atoms with Crippen LogP contribution in [0.25, 0.3) is 0 Å². The van der Waals surface area contributed by atoms with Crippen molar-refractivity contribution in [1.82, 2.24) is 10.3 Å². The molecule has 0 radical (unpaired) electrons. The molecule has 0 aliphatic heterocycles. The van der Waals surface area contributed by atoms with Crippen molar-refractivity contribution in [3.63, 3.8) is 0 Å². The molecule has 0 bridgehead atoms. The van der Waals surface area contributed by atoms with E-state index in [1.54, 1.807) is 0 Å². The van der Waals surface area contributed by atoms with E-state index in [9.17, 15) is 0 Å². The lowest BCUT2D eigenvalue weighted by Crippen LogP contribution is -2.21. The first-order valence-corrected chi connectivity index (χ1v) is 6.96. The largest absolute Gasteiger partial charge is 0.349 e. The quantitative estimate of drug-likeness (QED) is 0.744. The smallest absolute Gasteiger partial charge is 0.185 e. The summed E-state index contributed by atoms with van der Waals surface area (Å²) in [5, 5.41) is 4.60. The molecule has 0 atom stereocenters. The molecule has 0 saturated carbocycles. The lowest BCUT2D eigenvalue weighted by atomic mass is 10.4. The highest BCUT2D eigenvalue weighted by molar-refractivity contribution is 7.15. The number of nitrogens with one attached hydrogen (secondary N) is 1. The molecule has 4 heteroatoms. The highest BCUT2D eigenvalue weighted by atomic mass is 32.1. The van der Waals surface area contributed by atoms with Crippen LogP contribution in [0.1, 0.15) is 37.8 Å². The maximum absolute atomic E-state index is 4.64. The van der Waals surface area contributed by atoms with Crippen molar-refractivity contribution in [2.24, 2.45) is 0 Å². The number of hydrogen-bond donors (Lipinski definition) is 1. The average Bonchev–Trinajstić information content (AvgIpc) is 2.63. The third-order valence-electron chi connectivity index (χ3n) is 2.63. The highest BCUT2D eigenvalue weighted by Crippen LogP contribution is 2.25. The van der Waals surface area contributed by atoms with E-state index < -0.39 is 0 Å². The van der Waals surface area contributed by atoms with Gasteiger partial charge in [-0.3, -0.25) is 0 Å². The van der Waals surface area contributed by atoms with Gasteiger partial charge in [0, 0.05) is 24.5 Å². The first-order valence-electron chi connectivity index (χ1n) is 6.14. The topological polar surface area (TPSA) is 28.2 Å². The maximum Gasteiger partial charge on any atom is 0.185 e. The molecule has 1 heterocycles. The minimum atomic E-state index is 0.957. The molecule has 1 N–H and O–H groups in total. The molecule has 0 aliphatic carbocycles. The number of thiazole rings is 1. The Hall–Kier alpha value is -0.610. The Kier molecular flexibility index (Phi) is 5.77. The summed E-state index contributed by atoms with van der Waals surface area (Å²) in [7, 11) is 0. The van der Waals surface area contributed by atoms with E-state index in [1.807, 2.05) is 11.3 Å². The van der Waals surface area contributed by atoms with Gasteiger partial charge in [-0.25, -0.2) is 4.98 Å². The zero-order valence-corrected chi connectivity index (χ0v) is 11.7. The zero-order valence-electron chi connectivity index (χ0n) is 10.8. The van der Waals surface area contributed by atoms with Crippen LogP contribution in [-0.2, 0) is 6.54 Å². The summed E-state index contributed by atoms with van der Waals surface area (Å²) in [5.74, 6) is 0. The van der Waals surface area contributed by atoms with Crippen molar-refractivity contribution >= 4 is 16.5 Å². The molecule has 0 amide bonds. The van der Waals surface area contributed by atoms with Crippen LogP contribution in [0, 0.1) is 6.92 Å². The maximum atomic E-state index is 4.64. The molecule has 0 aliphatic rings. The van der Waals surface area contributed by atoms with Crippen molar-refractivity contribution in [2.45, 2.75) is 40.7 Å². The molecular weight excluding hydrogens is 218 g/mol. The number of aryl methyl sites for hydroxylation is 1. The Morgan fingerprint density at radius 1 is 1.25 bits per heavy atom. The minimum Gasteiger partial charge on any atom is -0.349 e. The van der Waals surface area contributed by atoms with Crippen molar-refractivity contribution in [3.8, 4) is 0 Å². The summed E-state index contributed by atoms with van der Waals surface area (Å²) in [5.41, 5.74) is 1.18. The van der Waals surface area contributed by atoms with Crippen molar-refractivity contribution in [3.05, 3.63) is 10.6 Å². The van der Waals surface area contributed by atoms with Gasteiger partial charge in [0.2, 0.25) is 0 Å². The van der Waals surface area contributed by atoms with Crippen LogP contribution in [0.2, 0.25) is 0 Å². The third kappa shape index (κ3) is 3.46. The standard InChI is InChI=1S/C12H23N3S/c1-5-8-13-9-11-10(4)14-12(16-11)15(6-2)7-3/h13H,5-9H2,1-4H3. The summed E-state index contributed by atoms with van der Waals surface area (Å²) in [6.07, 6.45) is 1.18. The van der Waals surface area contributed by atoms with Crippen molar-refractivity contribution in [2.75, 3.05) is 24.5 Å². The number of anilines is 1. The third-order valence-corrected chi connectivity index (χ3v) is 3.85. The second kappa shape index (κ2) is 6.86. The molecule has 0 unspecified atom stereocenters. The van der Waals surface area contributed by atoms with E-state index in [1.165, 1.54) is 17.0 Å². The summed E-state index contributed by atoms with van der Waals surface area (Å²) >= 11 is 1.82. The van der Waals surface area contributed by atoms with Crippen molar-refractivity contribution in [1.29, 1.82) is 0 Å². The fourth-order valence-electron chi connectivity index (χ4n) is 1.58. The van der Waals surface area contributed by atoms with Gasteiger partial charge in [-0.05, 0) is 33.7 Å². The monoisotopic (exact) mass is 241 g/mol.